The van der Waals surface area contributed by atoms with E-state index in [-0.39, 0.29) is 0 Å². The van der Waals surface area contributed by atoms with Crippen LogP contribution < -0.4 is 0 Å². The number of unbranched alkanes of at least 4 members (excludes halogenated alkanes) is 8. The maximum absolute atomic E-state index is 7.20. The Kier molecular flexibility index (Phi) is 20.4. The van der Waals surface area contributed by atoms with Gasteiger partial charge in [0.05, 0.1) is 0 Å². The molecule has 0 aliphatic carbocycles. The zero-order valence-corrected chi connectivity index (χ0v) is 32.6. The number of hydrogen-bond acceptors (Lipinski definition) is 4. The predicted octanol–water partition coefficient (Wildman–Crippen LogP) is 11.9. The van der Waals surface area contributed by atoms with Crippen LogP contribution in [0.4, 0.5) is 0 Å². The summed E-state index contributed by atoms with van der Waals surface area (Å²) < 4.78 is 28.8. The van der Waals surface area contributed by atoms with E-state index in [1.807, 2.05) is 24.3 Å². The van der Waals surface area contributed by atoms with Gasteiger partial charge in [0.15, 0.2) is 33.3 Å². The van der Waals surface area contributed by atoms with Gasteiger partial charge in [-0.2, -0.15) is 0 Å². The molecule has 0 amide bonds. The summed E-state index contributed by atoms with van der Waals surface area (Å²) >= 11 is 0. The van der Waals surface area contributed by atoms with Gasteiger partial charge in [0, 0.05) is 0 Å². The van der Waals surface area contributed by atoms with Crippen molar-refractivity contribution in [3.8, 4) is 0 Å². The van der Waals surface area contributed by atoms with Crippen LogP contribution in [0.1, 0.15) is 77.0 Å². The second-order valence-electron chi connectivity index (χ2n) is 14.1. The molecule has 8 heteroatoms. The Balaban J connectivity index is 6.38. The molecule has 0 bridgehead atoms. The summed E-state index contributed by atoms with van der Waals surface area (Å²) in [5.41, 5.74) is 0. The molecule has 0 rings (SSSR count). The molecule has 0 aliphatic rings. The first-order valence-corrected chi connectivity index (χ1v) is 28.8. The lowest BCUT2D eigenvalue weighted by atomic mass is 10.2. The first-order valence-electron chi connectivity index (χ1n) is 16.3. The summed E-state index contributed by atoms with van der Waals surface area (Å²) in [7, 11) is -8.81. The highest BCUT2D eigenvalue weighted by Gasteiger charge is 2.52. The second kappa shape index (κ2) is 20.6. The van der Waals surface area contributed by atoms with Crippen LogP contribution in [-0.4, -0.2) is 39.4 Å². The van der Waals surface area contributed by atoms with Crippen LogP contribution in [0.5, 0.6) is 0 Å². The van der Waals surface area contributed by atoms with Crippen LogP contribution in [0.15, 0.2) is 50.6 Å². The van der Waals surface area contributed by atoms with Gasteiger partial charge in [-0.25, -0.2) is 0 Å². The van der Waals surface area contributed by atoms with Gasteiger partial charge < -0.3 is 17.7 Å². The van der Waals surface area contributed by atoms with Gasteiger partial charge in [-0.1, -0.05) is 75.7 Å². The minimum atomic E-state index is -2.20. The van der Waals surface area contributed by atoms with Gasteiger partial charge in [0.1, 0.15) is 0 Å². The monoisotopic (exact) mass is 640 g/mol. The van der Waals surface area contributed by atoms with E-state index in [4.69, 9.17) is 17.7 Å². The van der Waals surface area contributed by atoms with Crippen LogP contribution in [0, 0.1) is 0 Å². The van der Waals surface area contributed by atoms with E-state index >= 15 is 0 Å². The largest absolute Gasteiger partial charge is 0.373 e. The molecular weight excluding hydrogens is 573 g/mol. The minimum Gasteiger partial charge on any atom is -0.348 e. The standard InChI is InChI=1S/C33H68O4Si4/c1-13-17-21-25-29-38(5,6)34-33(35-39(7,8)30-26-22-18-14-2,36-40(9,10)31-27-23-19-15-3)37-41(11,12)32-28-24-20-16-4/h13-16H,1-4,17-32H2,5-12H3. The summed E-state index contributed by atoms with van der Waals surface area (Å²) in [5, 5.41) is 0. The average Bonchev–Trinajstić information content (AvgIpc) is 2.83. The predicted molar refractivity (Wildman–Crippen MR) is 192 cm³/mol. The molecule has 0 unspecified atom stereocenters. The summed E-state index contributed by atoms with van der Waals surface area (Å²) in [4.78, 5) is 0. The van der Waals surface area contributed by atoms with E-state index in [1.54, 1.807) is 0 Å². The lowest BCUT2D eigenvalue weighted by molar-refractivity contribution is -0.389. The Labute approximate surface area is 260 Å². The minimum absolute atomic E-state index is 1.04. The fraction of sp³-hybridized carbons (Fsp3) is 0.758. The summed E-state index contributed by atoms with van der Waals surface area (Å²) in [6.07, 6.45) is 19.8. The molecule has 0 N–H and O–H groups in total. The van der Waals surface area contributed by atoms with Crippen LogP contribution >= 0.6 is 0 Å². The van der Waals surface area contributed by atoms with Crippen molar-refractivity contribution in [2.24, 2.45) is 0 Å². The van der Waals surface area contributed by atoms with E-state index in [2.05, 4.69) is 78.7 Å². The Morgan fingerprint density at radius 3 is 0.756 bits per heavy atom. The van der Waals surface area contributed by atoms with Crippen molar-refractivity contribution in [2.45, 2.75) is 160 Å². The fourth-order valence-corrected chi connectivity index (χ4v) is 13.6. The first kappa shape index (κ1) is 40.7. The quantitative estimate of drug-likeness (QED) is 0.0369. The van der Waals surface area contributed by atoms with Crippen LogP contribution in [0.3, 0.4) is 0 Å². The fourth-order valence-electron chi connectivity index (χ4n) is 5.04. The van der Waals surface area contributed by atoms with Gasteiger partial charge in [-0.3, -0.25) is 0 Å². The lowest BCUT2D eigenvalue weighted by Crippen LogP contribution is -2.62. The summed E-state index contributed by atoms with van der Waals surface area (Å²) in [5.74, 6) is 0. The van der Waals surface area contributed by atoms with Gasteiger partial charge in [0.25, 0.3) is 0 Å². The van der Waals surface area contributed by atoms with Crippen molar-refractivity contribution in [2.75, 3.05) is 0 Å². The van der Waals surface area contributed by atoms with Crippen molar-refractivity contribution < 1.29 is 17.7 Å². The second-order valence-corrected chi connectivity index (χ2v) is 31.0. The Morgan fingerprint density at radius 1 is 0.390 bits per heavy atom. The van der Waals surface area contributed by atoms with Gasteiger partial charge in [-0.05, 0) is 102 Å². The van der Waals surface area contributed by atoms with Gasteiger partial charge in [0.2, 0.25) is 0 Å². The molecule has 4 nitrogen and oxygen atoms in total. The molecule has 0 heterocycles. The van der Waals surface area contributed by atoms with Crippen molar-refractivity contribution in [3.63, 3.8) is 0 Å². The van der Waals surface area contributed by atoms with E-state index in [0.717, 1.165) is 101 Å². The first-order chi connectivity index (χ1) is 19.1. The Morgan fingerprint density at radius 2 is 0.585 bits per heavy atom. The molecule has 0 radical (unpaired) electrons. The number of rotatable bonds is 28. The molecule has 41 heavy (non-hydrogen) atoms. The Hall–Kier alpha value is -0.332. The highest BCUT2D eigenvalue weighted by Crippen LogP contribution is 2.38. The zero-order chi connectivity index (χ0) is 31.5. The zero-order valence-electron chi connectivity index (χ0n) is 28.6. The molecule has 0 atom stereocenters. The molecule has 0 saturated carbocycles. The van der Waals surface area contributed by atoms with E-state index in [1.165, 1.54) is 0 Å². The number of hydrogen-bond donors (Lipinski definition) is 0. The van der Waals surface area contributed by atoms with E-state index in [9.17, 15) is 0 Å². The summed E-state index contributed by atoms with van der Waals surface area (Å²) in [6.45, 7) is 34.1. The molecule has 0 aromatic carbocycles. The lowest BCUT2D eigenvalue weighted by Gasteiger charge is -2.49. The Bertz CT molecular complexity index is 624. The molecular formula is C33H68O4Si4. The third-order valence-corrected chi connectivity index (χ3v) is 16.8. The van der Waals surface area contributed by atoms with Gasteiger partial charge >= 0.3 is 6.16 Å². The van der Waals surface area contributed by atoms with Crippen molar-refractivity contribution >= 4 is 33.3 Å². The molecule has 240 valence electrons. The smallest absolute Gasteiger partial charge is 0.348 e. The molecule has 0 aromatic rings. The number of allylic oxidation sites excluding steroid dienone is 4. The third kappa shape index (κ3) is 21.1. The highest BCUT2D eigenvalue weighted by molar-refractivity contribution is 6.74. The van der Waals surface area contributed by atoms with Crippen LogP contribution in [0.25, 0.3) is 0 Å². The van der Waals surface area contributed by atoms with Crippen molar-refractivity contribution in [1.82, 2.24) is 0 Å². The van der Waals surface area contributed by atoms with Crippen LogP contribution in [-0.2, 0) is 17.7 Å². The topological polar surface area (TPSA) is 36.9 Å². The van der Waals surface area contributed by atoms with Crippen molar-refractivity contribution in [3.05, 3.63) is 50.6 Å². The SMILES string of the molecule is C=CCCCC[Si](C)(C)OC(O[Si](C)(C)CCCCC=C)(O[Si](C)(C)CCCCC=C)O[Si](C)(C)CCCCC=C. The van der Waals surface area contributed by atoms with Crippen LogP contribution in [0.2, 0.25) is 76.6 Å². The molecule has 0 aromatic heterocycles. The maximum atomic E-state index is 7.20. The molecule has 0 aliphatic heterocycles. The molecule has 0 saturated heterocycles. The van der Waals surface area contributed by atoms with E-state index in [0.29, 0.717) is 0 Å². The third-order valence-electron chi connectivity index (χ3n) is 7.35. The average molecular weight is 641 g/mol. The molecule has 0 fully saturated rings. The molecule has 0 spiro atoms. The summed E-state index contributed by atoms with van der Waals surface area (Å²) in [6, 6.07) is 4.18. The van der Waals surface area contributed by atoms with Crippen molar-refractivity contribution in [1.29, 1.82) is 0 Å². The highest BCUT2D eigenvalue weighted by atomic mass is 28.4. The van der Waals surface area contributed by atoms with Gasteiger partial charge in [-0.15, -0.1) is 26.3 Å². The van der Waals surface area contributed by atoms with E-state index < -0.39 is 39.4 Å². The maximum Gasteiger partial charge on any atom is 0.373 e. The normalized spacial score (nSPS) is 13.3.